The molecule has 0 spiro atoms. The van der Waals surface area contributed by atoms with Crippen LogP contribution in [0.2, 0.25) is 0 Å². The maximum atomic E-state index is 12.8. The molecule has 4 rings (SSSR count). The molecular formula is C22H32N6O. The number of carbonyl (C=O) groups excluding carboxylic acids is 1. The second kappa shape index (κ2) is 9.50. The van der Waals surface area contributed by atoms with Crippen molar-refractivity contribution in [3.63, 3.8) is 0 Å². The molecule has 156 valence electrons. The normalized spacial score (nSPS) is 20.7. The Morgan fingerprint density at radius 2 is 1.79 bits per heavy atom. The Bertz CT molecular complexity index is 749. The molecule has 0 aliphatic carbocycles. The second-order valence-electron chi connectivity index (χ2n) is 8.37. The van der Waals surface area contributed by atoms with Gasteiger partial charge in [0.1, 0.15) is 12.7 Å². The van der Waals surface area contributed by atoms with E-state index in [-0.39, 0.29) is 11.8 Å². The number of hydrogen-bond donors (Lipinski definition) is 0. The molecule has 1 aromatic carbocycles. The standard InChI is InChI=1S/C22H32N6O/c1-19(15-28-18-23-17-24-28)22(29)27-9-7-21(8-10-27)26-13-11-25(12-14-26)16-20-5-3-2-4-6-20/h2-6,17-19,21H,7-16H2,1H3. The molecule has 0 N–H and O–H groups in total. The van der Waals surface area contributed by atoms with Crippen molar-refractivity contribution in [2.45, 2.75) is 38.9 Å². The predicted octanol–water partition coefficient (Wildman–Crippen LogP) is 1.72. The Hall–Kier alpha value is -2.25. The van der Waals surface area contributed by atoms with Crippen LogP contribution in [0.4, 0.5) is 0 Å². The van der Waals surface area contributed by atoms with E-state index < -0.39 is 0 Å². The van der Waals surface area contributed by atoms with Crippen LogP contribution >= 0.6 is 0 Å². The van der Waals surface area contributed by atoms with E-state index in [9.17, 15) is 4.79 Å². The van der Waals surface area contributed by atoms with Crippen LogP contribution < -0.4 is 0 Å². The molecular weight excluding hydrogens is 364 g/mol. The maximum absolute atomic E-state index is 12.8. The van der Waals surface area contributed by atoms with Crippen molar-refractivity contribution in [1.29, 1.82) is 0 Å². The third kappa shape index (κ3) is 5.22. The van der Waals surface area contributed by atoms with E-state index in [1.165, 1.54) is 11.9 Å². The van der Waals surface area contributed by atoms with Gasteiger partial charge in [-0.1, -0.05) is 37.3 Å². The summed E-state index contributed by atoms with van der Waals surface area (Å²) in [5.41, 5.74) is 1.40. The number of nitrogens with zero attached hydrogens (tertiary/aromatic N) is 6. The molecule has 1 aromatic heterocycles. The zero-order chi connectivity index (χ0) is 20.1. The summed E-state index contributed by atoms with van der Waals surface area (Å²) >= 11 is 0. The number of aromatic nitrogens is 3. The molecule has 0 saturated carbocycles. The van der Waals surface area contributed by atoms with Crippen LogP contribution in [-0.2, 0) is 17.9 Å². The molecule has 0 radical (unpaired) electrons. The van der Waals surface area contributed by atoms with Gasteiger partial charge < -0.3 is 4.90 Å². The minimum absolute atomic E-state index is 0.0604. The van der Waals surface area contributed by atoms with Crippen molar-refractivity contribution in [3.05, 3.63) is 48.5 Å². The minimum Gasteiger partial charge on any atom is -0.342 e. The van der Waals surface area contributed by atoms with Crippen LogP contribution in [0.5, 0.6) is 0 Å². The highest BCUT2D eigenvalue weighted by Crippen LogP contribution is 2.20. The summed E-state index contributed by atoms with van der Waals surface area (Å²) in [7, 11) is 0. The zero-order valence-electron chi connectivity index (χ0n) is 17.4. The quantitative estimate of drug-likeness (QED) is 0.744. The van der Waals surface area contributed by atoms with Crippen molar-refractivity contribution in [2.24, 2.45) is 5.92 Å². The van der Waals surface area contributed by atoms with Crippen LogP contribution in [0.3, 0.4) is 0 Å². The first kappa shape index (κ1) is 20.0. The summed E-state index contributed by atoms with van der Waals surface area (Å²) in [5.74, 6) is 0.182. The Labute approximate surface area is 173 Å². The van der Waals surface area contributed by atoms with Gasteiger partial charge >= 0.3 is 0 Å². The second-order valence-corrected chi connectivity index (χ2v) is 8.37. The van der Waals surface area contributed by atoms with Gasteiger partial charge in [-0.2, -0.15) is 5.10 Å². The van der Waals surface area contributed by atoms with Gasteiger partial charge in [0, 0.05) is 51.9 Å². The number of carbonyl (C=O) groups is 1. The fourth-order valence-electron chi connectivity index (χ4n) is 4.58. The third-order valence-electron chi connectivity index (χ3n) is 6.30. The van der Waals surface area contributed by atoms with E-state index in [1.807, 2.05) is 11.8 Å². The van der Waals surface area contributed by atoms with Crippen LogP contribution in [0.15, 0.2) is 43.0 Å². The Kier molecular flexibility index (Phi) is 6.56. The predicted molar refractivity (Wildman–Crippen MR) is 112 cm³/mol. The van der Waals surface area contributed by atoms with Crippen LogP contribution in [0.25, 0.3) is 0 Å². The molecule has 2 aliphatic rings. The van der Waals surface area contributed by atoms with Crippen molar-refractivity contribution in [2.75, 3.05) is 39.3 Å². The molecule has 7 heteroatoms. The zero-order valence-corrected chi connectivity index (χ0v) is 17.4. The Morgan fingerprint density at radius 3 is 2.45 bits per heavy atom. The first-order valence-corrected chi connectivity index (χ1v) is 10.8. The molecule has 29 heavy (non-hydrogen) atoms. The number of piperidine rings is 1. The van der Waals surface area contributed by atoms with Gasteiger partial charge in [0.25, 0.3) is 0 Å². The molecule has 2 fully saturated rings. The average molecular weight is 397 g/mol. The summed E-state index contributed by atoms with van der Waals surface area (Å²) in [6, 6.07) is 11.4. The highest BCUT2D eigenvalue weighted by Gasteiger charge is 2.30. The highest BCUT2D eigenvalue weighted by atomic mass is 16.2. The van der Waals surface area contributed by atoms with Gasteiger partial charge in [-0.3, -0.25) is 19.3 Å². The molecule has 3 heterocycles. The Balaban J connectivity index is 1.19. The van der Waals surface area contributed by atoms with E-state index in [0.29, 0.717) is 12.6 Å². The van der Waals surface area contributed by atoms with Gasteiger partial charge in [0.2, 0.25) is 5.91 Å². The summed E-state index contributed by atoms with van der Waals surface area (Å²) in [4.78, 5) is 24.0. The molecule has 1 atom stereocenters. The lowest BCUT2D eigenvalue weighted by atomic mass is 10.0. The number of hydrogen-bond acceptors (Lipinski definition) is 5. The van der Waals surface area contributed by atoms with Crippen LogP contribution in [-0.4, -0.2) is 80.7 Å². The van der Waals surface area contributed by atoms with E-state index in [4.69, 9.17) is 0 Å². The van der Waals surface area contributed by atoms with Gasteiger partial charge in [-0.15, -0.1) is 0 Å². The SMILES string of the molecule is CC(Cn1cncn1)C(=O)N1CCC(N2CCN(Cc3ccccc3)CC2)CC1. The van der Waals surface area contributed by atoms with Crippen molar-refractivity contribution in [1.82, 2.24) is 29.5 Å². The summed E-state index contributed by atoms with van der Waals surface area (Å²) < 4.78 is 1.74. The average Bonchev–Trinajstić information content (AvgIpc) is 3.28. The molecule has 7 nitrogen and oxygen atoms in total. The summed E-state index contributed by atoms with van der Waals surface area (Å²) in [6.45, 7) is 9.90. The first-order valence-electron chi connectivity index (χ1n) is 10.8. The minimum atomic E-state index is -0.0604. The lowest BCUT2D eigenvalue weighted by molar-refractivity contribution is -0.137. The third-order valence-corrected chi connectivity index (χ3v) is 6.30. The van der Waals surface area contributed by atoms with Crippen molar-refractivity contribution >= 4 is 5.91 Å². The molecule has 2 aromatic rings. The fraction of sp³-hybridized carbons (Fsp3) is 0.591. The first-order chi connectivity index (χ1) is 14.2. The molecule has 1 unspecified atom stereocenters. The molecule has 0 bridgehead atoms. The maximum Gasteiger partial charge on any atom is 0.227 e. The van der Waals surface area contributed by atoms with Gasteiger partial charge in [0.05, 0.1) is 12.5 Å². The Morgan fingerprint density at radius 1 is 1.07 bits per heavy atom. The van der Waals surface area contributed by atoms with Crippen LogP contribution in [0.1, 0.15) is 25.3 Å². The van der Waals surface area contributed by atoms with E-state index >= 15 is 0 Å². The topological polar surface area (TPSA) is 57.5 Å². The lowest BCUT2D eigenvalue weighted by Crippen LogP contribution is -2.54. The number of likely N-dealkylation sites (tertiary alicyclic amines) is 1. The van der Waals surface area contributed by atoms with E-state index in [2.05, 4.69) is 50.2 Å². The van der Waals surface area contributed by atoms with Gasteiger partial charge in [0.15, 0.2) is 0 Å². The lowest BCUT2D eigenvalue weighted by Gasteiger charge is -2.43. The number of rotatable bonds is 6. The largest absolute Gasteiger partial charge is 0.342 e. The number of piperazine rings is 1. The molecule has 1 amide bonds. The van der Waals surface area contributed by atoms with E-state index in [0.717, 1.165) is 58.7 Å². The monoisotopic (exact) mass is 396 g/mol. The van der Waals surface area contributed by atoms with Crippen LogP contribution in [0, 0.1) is 5.92 Å². The van der Waals surface area contributed by atoms with Gasteiger partial charge in [-0.25, -0.2) is 4.98 Å². The van der Waals surface area contributed by atoms with Crippen molar-refractivity contribution in [3.8, 4) is 0 Å². The van der Waals surface area contributed by atoms with Crippen molar-refractivity contribution < 1.29 is 4.79 Å². The molecule has 2 saturated heterocycles. The fourth-order valence-corrected chi connectivity index (χ4v) is 4.58. The smallest absolute Gasteiger partial charge is 0.227 e. The number of benzene rings is 1. The summed E-state index contributed by atoms with van der Waals surface area (Å²) in [6.07, 6.45) is 5.36. The summed E-state index contributed by atoms with van der Waals surface area (Å²) in [5, 5.41) is 4.11. The number of amides is 1. The highest BCUT2D eigenvalue weighted by molar-refractivity contribution is 5.78. The molecule has 2 aliphatic heterocycles. The van der Waals surface area contributed by atoms with Gasteiger partial charge in [-0.05, 0) is 18.4 Å². The van der Waals surface area contributed by atoms with E-state index in [1.54, 1.807) is 11.0 Å².